The standard InChI is InChI=1S/C67H130O17P2/c1-8-11-12-31-41-48-64(69)77-54-62(84-67(72)51-44-37-30-29-34-40-47-60(7)10-3)56-81-85(73,74)79-52-61(68)53-80-86(75,76)82-57-63(55-78-65(70)49-42-35-27-23-20-19-22-26-33-39-46-59(6)9-2)83-66(71)50-43-36-28-24-18-16-14-13-15-17-21-25-32-38-45-58(4)5/h58-63,68H,8-57H2,1-7H3,(H,73,74)(H,75,76)/t59?,60?,61-,62+,63+/m0/s1. The van der Waals surface area contributed by atoms with Crippen LogP contribution in [-0.4, -0.2) is 96.7 Å². The van der Waals surface area contributed by atoms with Crippen LogP contribution in [0.15, 0.2) is 0 Å². The van der Waals surface area contributed by atoms with Crippen LogP contribution in [0.2, 0.25) is 0 Å². The molecule has 0 aliphatic heterocycles. The van der Waals surface area contributed by atoms with Crippen molar-refractivity contribution in [3.05, 3.63) is 0 Å². The molecule has 0 saturated carbocycles. The van der Waals surface area contributed by atoms with Gasteiger partial charge in [0.15, 0.2) is 12.2 Å². The number of phosphoric ester groups is 2. The Morgan fingerprint density at radius 3 is 0.884 bits per heavy atom. The molecule has 7 atom stereocenters. The van der Waals surface area contributed by atoms with Gasteiger partial charge < -0.3 is 33.8 Å². The molecule has 0 saturated heterocycles. The van der Waals surface area contributed by atoms with Crippen molar-refractivity contribution in [2.75, 3.05) is 39.6 Å². The van der Waals surface area contributed by atoms with E-state index in [0.717, 1.165) is 114 Å². The quantitative estimate of drug-likeness (QED) is 0.0222. The van der Waals surface area contributed by atoms with Crippen LogP contribution in [0.25, 0.3) is 0 Å². The van der Waals surface area contributed by atoms with Gasteiger partial charge in [-0.05, 0) is 43.4 Å². The minimum atomic E-state index is -4.95. The lowest BCUT2D eigenvalue weighted by Gasteiger charge is -2.21. The molecule has 19 heteroatoms. The van der Waals surface area contributed by atoms with Gasteiger partial charge in [-0.15, -0.1) is 0 Å². The lowest BCUT2D eigenvalue weighted by molar-refractivity contribution is -0.161. The molecule has 0 spiro atoms. The fourth-order valence-corrected chi connectivity index (χ4v) is 11.5. The van der Waals surface area contributed by atoms with Crippen LogP contribution in [0.4, 0.5) is 0 Å². The number of carbonyl (C=O) groups is 4. The summed E-state index contributed by atoms with van der Waals surface area (Å²) in [5, 5.41) is 10.5. The van der Waals surface area contributed by atoms with E-state index < -0.39 is 97.5 Å². The van der Waals surface area contributed by atoms with Gasteiger partial charge in [0.2, 0.25) is 0 Å². The summed E-state index contributed by atoms with van der Waals surface area (Å²) >= 11 is 0. The van der Waals surface area contributed by atoms with Crippen molar-refractivity contribution < 1.29 is 80.2 Å². The van der Waals surface area contributed by atoms with Crippen molar-refractivity contribution in [3.63, 3.8) is 0 Å². The number of carbonyl (C=O) groups excluding carboxylic acids is 4. The Morgan fingerprint density at radius 1 is 0.337 bits per heavy atom. The molecule has 0 aliphatic carbocycles. The highest BCUT2D eigenvalue weighted by Crippen LogP contribution is 2.45. The van der Waals surface area contributed by atoms with Crippen LogP contribution >= 0.6 is 15.6 Å². The molecule has 0 amide bonds. The molecular weight excluding hydrogens is 1140 g/mol. The van der Waals surface area contributed by atoms with Crippen LogP contribution in [0.1, 0.15) is 331 Å². The molecule has 17 nitrogen and oxygen atoms in total. The number of ether oxygens (including phenoxy) is 4. The highest BCUT2D eigenvalue weighted by Gasteiger charge is 2.30. The van der Waals surface area contributed by atoms with Gasteiger partial charge in [-0.2, -0.15) is 0 Å². The minimum absolute atomic E-state index is 0.102. The molecule has 0 rings (SSSR count). The first-order valence-electron chi connectivity index (χ1n) is 34.9. The van der Waals surface area contributed by atoms with E-state index in [0.29, 0.717) is 25.7 Å². The smallest absolute Gasteiger partial charge is 0.462 e. The second-order valence-corrected chi connectivity index (χ2v) is 28.1. The van der Waals surface area contributed by atoms with Crippen molar-refractivity contribution in [2.24, 2.45) is 17.8 Å². The predicted octanol–water partition coefficient (Wildman–Crippen LogP) is 18.7. The maximum Gasteiger partial charge on any atom is 0.472 e. The second-order valence-electron chi connectivity index (χ2n) is 25.2. The number of phosphoric acid groups is 2. The highest BCUT2D eigenvalue weighted by molar-refractivity contribution is 7.47. The van der Waals surface area contributed by atoms with Crippen LogP contribution in [-0.2, 0) is 65.4 Å². The Morgan fingerprint density at radius 2 is 0.593 bits per heavy atom. The Hall–Kier alpha value is -1.94. The summed E-state index contributed by atoms with van der Waals surface area (Å²) in [6.07, 6.45) is 40.7. The van der Waals surface area contributed by atoms with Crippen LogP contribution in [0.5, 0.6) is 0 Å². The van der Waals surface area contributed by atoms with Crippen molar-refractivity contribution >= 4 is 39.5 Å². The molecule has 0 aliphatic rings. The highest BCUT2D eigenvalue weighted by atomic mass is 31.2. The molecule has 0 aromatic carbocycles. The number of hydrogen-bond acceptors (Lipinski definition) is 15. The molecule has 4 unspecified atom stereocenters. The zero-order valence-corrected chi connectivity index (χ0v) is 57.6. The summed E-state index contributed by atoms with van der Waals surface area (Å²) in [5.41, 5.74) is 0. The zero-order valence-electron chi connectivity index (χ0n) is 55.8. The van der Waals surface area contributed by atoms with Crippen LogP contribution in [0.3, 0.4) is 0 Å². The van der Waals surface area contributed by atoms with Gasteiger partial charge in [0.1, 0.15) is 19.3 Å². The largest absolute Gasteiger partial charge is 0.472 e. The van der Waals surface area contributed by atoms with E-state index in [1.807, 2.05) is 0 Å². The van der Waals surface area contributed by atoms with Gasteiger partial charge in [0.05, 0.1) is 26.4 Å². The van der Waals surface area contributed by atoms with Gasteiger partial charge in [-0.3, -0.25) is 37.3 Å². The first kappa shape index (κ1) is 84.1. The Balaban J connectivity index is 5.18. The van der Waals surface area contributed by atoms with E-state index in [4.69, 9.17) is 37.0 Å². The van der Waals surface area contributed by atoms with E-state index >= 15 is 0 Å². The maximum atomic E-state index is 13.0. The fourth-order valence-electron chi connectivity index (χ4n) is 9.95. The van der Waals surface area contributed by atoms with E-state index in [1.165, 1.54) is 135 Å². The third kappa shape index (κ3) is 58.4. The lowest BCUT2D eigenvalue weighted by atomic mass is 9.99. The van der Waals surface area contributed by atoms with Gasteiger partial charge in [-0.1, -0.05) is 280 Å². The molecule has 0 fully saturated rings. The summed E-state index contributed by atoms with van der Waals surface area (Å²) in [6, 6.07) is 0. The topological polar surface area (TPSA) is 237 Å². The van der Waals surface area contributed by atoms with Crippen molar-refractivity contribution in [3.8, 4) is 0 Å². The summed E-state index contributed by atoms with van der Waals surface area (Å²) < 4.78 is 67.9. The molecule has 86 heavy (non-hydrogen) atoms. The molecule has 0 aromatic heterocycles. The number of aliphatic hydroxyl groups excluding tert-OH is 1. The first-order chi connectivity index (χ1) is 41.3. The van der Waals surface area contributed by atoms with Gasteiger partial charge in [0.25, 0.3) is 0 Å². The Kier molecular flexibility index (Phi) is 56.9. The van der Waals surface area contributed by atoms with Crippen LogP contribution in [0, 0.1) is 17.8 Å². The molecule has 0 aromatic rings. The number of aliphatic hydroxyl groups is 1. The maximum absolute atomic E-state index is 13.0. The van der Waals surface area contributed by atoms with E-state index in [9.17, 15) is 43.2 Å². The summed E-state index contributed by atoms with van der Waals surface area (Å²) in [4.78, 5) is 72.1. The lowest BCUT2D eigenvalue weighted by Crippen LogP contribution is -2.30. The van der Waals surface area contributed by atoms with E-state index in [-0.39, 0.29) is 25.7 Å². The normalized spacial score (nSPS) is 14.9. The number of unbranched alkanes of at least 4 members (excludes halogenated alkanes) is 31. The third-order valence-electron chi connectivity index (χ3n) is 16.1. The van der Waals surface area contributed by atoms with E-state index in [1.54, 1.807) is 0 Å². The number of rotatable bonds is 65. The first-order valence-corrected chi connectivity index (χ1v) is 37.9. The SMILES string of the molecule is CCCCCCCC(=O)OC[C@H](COP(=O)(O)OC[C@H](O)COP(=O)(O)OC[C@@H](COC(=O)CCCCCCCCCCCCC(C)CC)OC(=O)CCCCCCCCCCCCCCCCC(C)C)OC(=O)CCCCCCCCC(C)CC. The summed E-state index contributed by atoms with van der Waals surface area (Å²) in [5.74, 6) is 0.181. The molecule has 510 valence electrons. The predicted molar refractivity (Wildman–Crippen MR) is 344 cm³/mol. The summed E-state index contributed by atoms with van der Waals surface area (Å²) in [7, 11) is -9.89. The zero-order chi connectivity index (χ0) is 63.8. The van der Waals surface area contributed by atoms with Crippen molar-refractivity contribution in [1.82, 2.24) is 0 Å². The molecule has 0 bridgehead atoms. The third-order valence-corrected chi connectivity index (χ3v) is 18.0. The fraction of sp³-hybridized carbons (Fsp3) is 0.940. The monoisotopic (exact) mass is 1270 g/mol. The second kappa shape index (κ2) is 58.2. The Bertz CT molecular complexity index is 1700. The molecule has 0 radical (unpaired) electrons. The molecule has 0 heterocycles. The Labute approximate surface area is 524 Å². The molecular formula is C67H130O17P2. The minimum Gasteiger partial charge on any atom is -0.462 e. The van der Waals surface area contributed by atoms with Gasteiger partial charge in [-0.25, -0.2) is 9.13 Å². The average molecular weight is 1270 g/mol. The molecule has 3 N–H and O–H groups in total. The van der Waals surface area contributed by atoms with Gasteiger partial charge >= 0.3 is 39.5 Å². The summed E-state index contributed by atoms with van der Waals surface area (Å²) in [6.45, 7) is 11.7. The van der Waals surface area contributed by atoms with Crippen molar-refractivity contribution in [1.29, 1.82) is 0 Å². The van der Waals surface area contributed by atoms with Crippen molar-refractivity contribution in [2.45, 2.75) is 349 Å². The van der Waals surface area contributed by atoms with Crippen LogP contribution < -0.4 is 0 Å². The number of hydrogen-bond donors (Lipinski definition) is 3. The van der Waals surface area contributed by atoms with Gasteiger partial charge in [0, 0.05) is 25.7 Å². The van der Waals surface area contributed by atoms with E-state index in [2.05, 4.69) is 48.5 Å². The average Bonchev–Trinajstić information content (AvgIpc) is 3.70. The number of esters is 4.